The summed E-state index contributed by atoms with van der Waals surface area (Å²) in [7, 11) is 0. The highest BCUT2D eigenvalue weighted by molar-refractivity contribution is 7.99. The molecule has 0 bridgehead atoms. The van der Waals surface area contributed by atoms with E-state index >= 15 is 0 Å². The summed E-state index contributed by atoms with van der Waals surface area (Å²) in [5.41, 5.74) is 0.663. The smallest absolute Gasteiger partial charge is 0.280 e. The largest absolute Gasteiger partial charge is 0.332 e. The molecule has 20 heavy (non-hydrogen) atoms. The van der Waals surface area contributed by atoms with Gasteiger partial charge < -0.3 is 9.84 Å². The molecule has 1 atom stereocenters. The van der Waals surface area contributed by atoms with Crippen LogP contribution in [0, 0.1) is 0 Å². The average molecular weight is 292 g/mol. The molecular formula is C12H16N6OS. The van der Waals surface area contributed by atoms with E-state index in [0.29, 0.717) is 22.9 Å². The Morgan fingerprint density at radius 2 is 2.30 bits per heavy atom. The number of hydrogen-bond donors (Lipinski definition) is 1. The molecule has 0 aromatic carbocycles. The maximum Gasteiger partial charge on any atom is 0.280 e. The number of thioether (sulfide) groups is 1. The molecule has 0 saturated carbocycles. The van der Waals surface area contributed by atoms with Gasteiger partial charge in [-0.2, -0.15) is 16.7 Å². The van der Waals surface area contributed by atoms with Crippen molar-refractivity contribution in [2.45, 2.75) is 30.6 Å². The van der Waals surface area contributed by atoms with Crippen LogP contribution in [0.3, 0.4) is 0 Å². The first kappa shape index (κ1) is 12.3. The maximum atomic E-state index is 5.34. The van der Waals surface area contributed by atoms with E-state index < -0.39 is 0 Å². The van der Waals surface area contributed by atoms with Gasteiger partial charge in [-0.05, 0) is 18.6 Å². The molecule has 8 heteroatoms. The van der Waals surface area contributed by atoms with Gasteiger partial charge in [0.15, 0.2) is 11.5 Å². The van der Waals surface area contributed by atoms with Crippen LogP contribution in [-0.4, -0.2) is 44.0 Å². The molecule has 2 aliphatic heterocycles. The predicted molar refractivity (Wildman–Crippen MR) is 74.3 cm³/mol. The fourth-order valence-corrected chi connectivity index (χ4v) is 3.66. The van der Waals surface area contributed by atoms with Crippen LogP contribution in [0.1, 0.15) is 36.4 Å². The zero-order valence-corrected chi connectivity index (χ0v) is 11.8. The van der Waals surface area contributed by atoms with Crippen molar-refractivity contribution in [1.29, 1.82) is 0 Å². The number of hydrogen-bond acceptors (Lipinski definition) is 7. The highest BCUT2D eigenvalue weighted by atomic mass is 32.2. The van der Waals surface area contributed by atoms with Gasteiger partial charge >= 0.3 is 0 Å². The molecule has 1 unspecified atom stereocenters. The second kappa shape index (κ2) is 5.17. The molecule has 2 fully saturated rings. The van der Waals surface area contributed by atoms with Gasteiger partial charge in [0, 0.05) is 13.1 Å². The summed E-state index contributed by atoms with van der Waals surface area (Å²) >= 11 is 1.91. The van der Waals surface area contributed by atoms with E-state index in [0.717, 1.165) is 25.3 Å². The van der Waals surface area contributed by atoms with Gasteiger partial charge in [0.05, 0.1) is 17.5 Å². The minimum absolute atomic E-state index is 0.368. The zero-order valence-electron chi connectivity index (χ0n) is 11.0. The van der Waals surface area contributed by atoms with E-state index in [1.807, 2.05) is 22.6 Å². The molecule has 4 rings (SSSR count). The Morgan fingerprint density at radius 1 is 1.35 bits per heavy atom. The second-order valence-corrected chi connectivity index (χ2v) is 6.52. The lowest BCUT2D eigenvalue weighted by Gasteiger charge is -2.26. The van der Waals surface area contributed by atoms with Crippen LogP contribution in [0.4, 0.5) is 0 Å². The van der Waals surface area contributed by atoms with Crippen molar-refractivity contribution in [3.05, 3.63) is 12.0 Å². The summed E-state index contributed by atoms with van der Waals surface area (Å²) in [5.74, 6) is 2.45. The van der Waals surface area contributed by atoms with Crippen molar-refractivity contribution in [1.82, 2.24) is 30.5 Å². The van der Waals surface area contributed by atoms with Crippen molar-refractivity contribution < 1.29 is 4.52 Å². The Balaban J connectivity index is 1.53. The van der Waals surface area contributed by atoms with Crippen LogP contribution >= 0.6 is 11.8 Å². The van der Waals surface area contributed by atoms with E-state index in [4.69, 9.17) is 4.52 Å². The first-order valence-electron chi connectivity index (χ1n) is 6.98. The molecule has 2 aliphatic rings. The molecule has 0 radical (unpaired) electrons. The minimum Gasteiger partial charge on any atom is -0.332 e. The summed E-state index contributed by atoms with van der Waals surface area (Å²) in [6.45, 7) is 1.88. The number of nitrogens with one attached hydrogen (secondary N) is 1. The fourth-order valence-electron chi connectivity index (χ4n) is 2.43. The SMILES string of the molecule is c1c(-c2nc(C3CCCCS3)no2)nnn1C1CNC1. The van der Waals surface area contributed by atoms with E-state index in [-0.39, 0.29) is 0 Å². The van der Waals surface area contributed by atoms with Crippen LogP contribution in [0.15, 0.2) is 10.7 Å². The van der Waals surface area contributed by atoms with Crippen molar-refractivity contribution in [2.24, 2.45) is 0 Å². The van der Waals surface area contributed by atoms with Crippen molar-refractivity contribution in [3.8, 4) is 11.6 Å². The van der Waals surface area contributed by atoms with Crippen LogP contribution in [0.5, 0.6) is 0 Å². The zero-order chi connectivity index (χ0) is 13.4. The van der Waals surface area contributed by atoms with Crippen molar-refractivity contribution in [3.63, 3.8) is 0 Å². The van der Waals surface area contributed by atoms with Crippen LogP contribution in [-0.2, 0) is 0 Å². The van der Waals surface area contributed by atoms with Gasteiger partial charge in [-0.3, -0.25) is 0 Å². The molecule has 7 nitrogen and oxygen atoms in total. The number of rotatable bonds is 3. The molecule has 0 aliphatic carbocycles. The lowest BCUT2D eigenvalue weighted by Crippen LogP contribution is -2.43. The molecule has 0 amide bonds. The molecule has 2 aromatic rings. The third-order valence-corrected chi connectivity index (χ3v) is 5.15. The standard InChI is InChI=1S/C12H16N6OS/c1-2-4-20-10(3-1)11-14-12(19-16-11)9-7-18(17-15-9)8-5-13-6-8/h7-8,10,13H,1-6H2. The van der Waals surface area contributed by atoms with E-state index in [1.165, 1.54) is 18.6 Å². The summed E-state index contributed by atoms with van der Waals surface area (Å²) in [6, 6.07) is 0.396. The van der Waals surface area contributed by atoms with Gasteiger partial charge in [-0.25, -0.2) is 4.68 Å². The summed E-state index contributed by atoms with van der Waals surface area (Å²) in [4.78, 5) is 4.49. The quantitative estimate of drug-likeness (QED) is 0.916. The topological polar surface area (TPSA) is 81.7 Å². The van der Waals surface area contributed by atoms with Crippen LogP contribution in [0.2, 0.25) is 0 Å². The molecule has 4 heterocycles. The van der Waals surface area contributed by atoms with Gasteiger partial charge in [0.1, 0.15) is 0 Å². The Hall–Kier alpha value is -1.41. The Bertz CT molecular complexity index is 586. The van der Waals surface area contributed by atoms with Crippen molar-refractivity contribution in [2.75, 3.05) is 18.8 Å². The normalized spacial score (nSPS) is 23.7. The number of aromatic nitrogens is 5. The Morgan fingerprint density at radius 3 is 3.05 bits per heavy atom. The van der Waals surface area contributed by atoms with Crippen LogP contribution in [0.25, 0.3) is 11.6 Å². The fraction of sp³-hybridized carbons (Fsp3) is 0.667. The highest BCUT2D eigenvalue weighted by Gasteiger charge is 2.24. The molecule has 106 valence electrons. The molecular weight excluding hydrogens is 276 g/mol. The van der Waals surface area contributed by atoms with Crippen LogP contribution < -0.4 is 5.32 Å². The highest BCUT2D eigenvalue weighted by Crippen LogP contribution is 2.37. The van der Waals surface area contributed by atoms with Gasteiger partial charge in [-0.15, -0.1) is 5.10 Å². The summed E-state index contributed by atoms with van der Waals surface area (Å²) in [6.07, 6.45) is 5.54. The molecule has 2 saturated heterocycles. The van der Waals surface area contributed by atoms with Gasteiger partial charge in [0.2, 0.25) is 0 Å². The number of nitrogens with zero attached hydrogens (tertiary/aromatic N) is 5. The van der Waals surface area contributed by atoms with Gasteiger partial charge in [0.25, 0.3) is 5.89 Å². The summed E-state index contributed by atoms with van der Waals surface area (Å²) in [5, 5.41) is 15.9. The molecule has 2 aromatic heterocycles. The predicted octanol–water partition coefficient (Wildman–Crippen LogP) is 1.43. The van der Waals surface area contributed by atoms with E-state index in [9.17, 15) is 0 Å². The van der Waals surface area contributed by atoms with E-state index in [1.54, 1.807) is 0 Å². The third kappa shape index (κ3) is 2.22. The average Bonchev–Trinajstić information content (AvgIpc) is 3.06. The minimum atomic E-state index is 0.368. The Kier molecular flexibility index (Phi) is 3.19. The van der Waals surface area contributed by atoms with Crippen molar-refractivity contribution >= 4 is 11.8 Å². The lowest BCUT2D eigenvalue weighted by atomic mass is 10.2. The first-order valence-corrected chi connectivity index (χ1v) is 8.03. The third-order valence-electron chi connectivity index (χ3n) is 3.77. The monoisotopic (exact) mass is 292 g/mol. The second-order valence-electron chi connectivity index (χ2n) is 5.21. The maximum absolute atomic E-state index is 5.34. The first-order chi connectivity index (χ1) is 9.90. The van der Waals surface area contributed by atoms with E-state index in [2.05, 4.69) is 25.8 Å². The lowest BCUT2D eigenvalue weighted by molar-refractivity contribution is 0.313. The summed E-state index contributed by atoms with van der Waals surface area (Å²) < 4.78 is 7.21. The van der Waals surface area contributed by atoms with Gasteiger partial charge in [-0.1, -0.05) is 16.8 Å². The molecule has 0 spiro atoms. The Labute approximate surface area is 120 Å². The molecule has 1 N–H and O–H groups in total.